The van der Waals surface area contributed by atoms with Gasteiger partial charge in [0.1, 0.15) is 6.07 Å². The fourth-order valence-corrected chi connectivity index (χ4v) is 4.23. The zero-order valence-electron chi connectivity index (χ0n) is 11.7. The molecule has 1 aromatic heterocycles. The van der Waals surface area contributed by atoms with E-state index in [0.717, 1.165) is 29.7 Å². The van der Waals surface area contributed by atoms with Gasteiger partial charge in [-0.3, -0.25) is 4.98 Å². The number of hydrogen-bond acceptors (Lipinski definition) is 4. The molecule has 2 heterocycles. The summed E-state index contributed by atoms with van der Waals surface area (Å²) in [6.45, 7) is 6.47. The number of fused-ring (bicyclic) bond motifs is 1. The average molecular weight is 283 g/mol. The van der Waals surface area contributed by atoms with Gasteiger partial charge in [-0.2, -0.15) is 17.0 Å². The molecular formula is C16H17N3S. The van der Waals surface area contributed by atoms with E-state index < -0.39 is 0 Å². The van der Waals surface area contributed by atoms with Crippen molar-refractivity contribution in [2.75, 3.05) is 18.0 Å². The maximum absolute atomic E-state index is 9.42. The number of para-hydroxylation sites is 1. The van der Waals surface area contributed by atoms with E-state index >= 15 is 0 Å². The Balaban J connectivity index is 2.16. The molecule has 102 valence electrons. The van der Waals surface area contributed by atoms with Crippen LogP contribution in [0.25, 0.3) is 10.9 Å². The number of hydrogen-bond donors (Lipinski definition) is 0. The van der Waals surface area contributed by atoms with Crippen molar-refractivity contribution < 1.29 is 0 Å². The quantitative estimate of drug-likeness (QED) is 0.804. The van der Waals surface area contributed by atoms with Gasteiger partial charge in [-0.25, -0.2) is 0 Å². The van der Waals surface area contributed by atoms with Gasteiger partial charge in [0.25, 0.3) is 0 Å². The minimum absolute atomic E-state index is 0.581. The predicted molar refractivity (Wildman–Crippen MR) is 85.2 cm³/mol. The van der Waals surface area contributed by atoms with E-state index in [0.29, 0.717) is 16.1 Å². The zero-order chi connectivity index (χ0) is 14.1. The summed E-state index contributed by atoms with van der Waals surface area (Å²) in [5.74, 6) is 0. The molecule has 4 heteroatoms. The molecule has 0 amide bonds. The molecule has 1 aromatic carbocycles. The predicted octanol–water partition coefficient (Wildman–Crippen LogP) is 3.44. The van der Waals surface area contributed by atoms with Gasteiger partial charge in [0.2, 0.25) is 0 Å². The van der Waals surface area contributed by atoms with Crippen molar-refractivity contribution in [1.29, 1.82) is 5.26 Å². The molecule has 1 saturated heterocycles. The van der Waals surface area contributed by atoms with Gasteiger partial charge < -0.3 is 4.90 Å². The number of aromatic nitrogens is 1. The van der Waals surface area contributed by atoms with E-state index in [1.54, 1.807) is 6.20 Å². The highest BCUT2D eigenvalue weighted by atomic mass is 32.2. The van der Waals surface area contributed by atoms with Gasteiger partial charge in [0.05, 0.1) is 16.8 Å². The summed E-state index contributed by atoms with van der Waals surface area (Å²) in [6.07, 6.45) is 1.70. The zero-order valence-corrected chi connectivity index (χ0v) is 12.5. The normalized spacial score (nSPS) is 22.8. The second-order valence-electron chi connectivity index (χ2n) is 5.31. The summed E-state index contributed by atoms with van der Waals surface area (Å²) in [7, 11) is 0. The highest BCUT2D eigenvalue weighted by molar-refractivity contribution is 8.00. The third kappa shape index (κ3) is 2.34. The molecule has 1 aliphatic rings. The first-order valence-corrected chi connectivity index (χ1v) is 7.81. The van der Waals surface area contributed by atoms with Crippen LogP contribution in [-0.2, 0) is 0 Å². The van der Waals surface area contributed by atoms with E-state index in [4.69, 9.17) is 0 Å². The Morgan fingerprint density at radius 3 is 2.65 bits per heavy atom. The fourth-order valence-electron chi connectivity index (χ4n) is 2.91. The monoisotopic (exact) mass is 283 g/mol. The molecule has 0 radical (unpaired) electrons. The summed E-state index contributed by atoms with van der Waals surface area (Å²) in [6, 6.07) is 10.4. The summed E-state index contributed by atoms with van der Waals surface area (Å²) in [5.41, 5.74) is 2.69. The topological polar surface area (TPSA) is 39.9 Å². The number of anilines is 1. The van der Waals surface area contributed by atoms with Gasteiger partial charge >= 0.3 is 0 Å². The summed E-state index contributed by atoms with van der Waals surface area (Å²) in [5, 5.41) is 11.7. The van der Waals surface area contributed by atoms with Crippen molar-refractivity contribution in [1.82, 2.24) is 4.98 Å². The lowest BCUT2D eigenvalue weighted by molar-refractivity contribution is 0.729. The van der Waals surface area contributed by atoms with E-state index in [1.165, 1.54) is 0 Å². The van der Waals surface area contributed by atoms with Crippen LogP contribution in [0.2, 0.25) is 0 Å². The Morgan fingerprint density at radius 1 is 1.25 bits per heavy atom. The molecular weight excluding hydrogens is 266 g/mol. The lowest BCUT2D eigenvalue weighted by atomic mass is 10.1. The SMILES string of the molecule is CC1CN(c2c(C#N)cnc3ccccc23)CC(C)S1. The Morgan fingerprint density at radius 2 is 1.95 bits per heavy atom. The highest BCUT2D eigenvalue weighted by Crippen LogP contribution is 2.34. The molecule has 2 unspecified atom stereocenters. The van der Waals surface area contributed by atoms with Crippen LogP contribution in [0.1, 0.15) is 19.4 Å². The number of nitrogens with zero attached hydrogens (tertiary/aromatic N) is 3. The number of benzene rings is 1. The van der Waals surface area contributed by atoms with Gasteiger partial charge in [0, 0.05) is 35.2 Å². The van der Waals surface area contributed by atoms with Crippen molar-refractivity contribution in [3.05, 3.63) is 36.0 Å². The summed E-state index contributed by atoms with van der Waals surface area (Å²) >= 11 is 2.02. The second-order valence-corrected chi connectivity index (χ2v) is 7.19. The number of thioether (sulfide) groups is 1. The standard InChI is InChI=1S/C16H17N3S/c1-11-9-19(10-12(2)20-11)16-13(7-17)8-18-15-6-4-3-5-14(15)16/h3-6,8,11-12H,9-10H2,1-2H3. The van der Waals surface area contributed by atoms with Crippen molar-refractivity contribution in [3.63, 3.8) is 0 Å². The van der Waals surface area contributed by atoms with Crippen LogP contribution in [0, 0.1) is 11.3 Å². The Hall–Kier alpha value is -1.73. The largest absolute Gasteiger partial charge is 0.368 e. The van der Waals surface area contributed by atoms with E-state index in [1.807, 2.05) is 30.0 Å². The third-order valence-corrected chi connectivity index (χ3v) is 4.83. The van der Waals surface area contributed by atoms with Crippen LogP contribution in [0.4, 0.5) is 5.69 Å². The van der Waals surface area contributed by atoms with Crippen LogP contribution >= 0.6 is 11.8 Å². The molecule has 0 spiro atoms. The summed E-state index contributed by atoms with van der Waals surface area (Å²) in [4.78, 5) is 6.75. The van der Waals surface area contributed by atoms with Crippen molar-refractivity contribution in [2.24, 2.45) is 0 Å². The van der Waals surface area contributed by atoms with Gasteiger partial charge in [-0.15, -0.1) is 0 Å². The Bertz CT molecular complexity index is 667. The Labute approximate surface area is 123 Å². The number of pyridine rings is 1. The van der Waals surface area contributed by atoms with E-state index in [9.17, 15) is 5.26 Å². The molecule has 20 heavy (non-hydrogen) atoms. The van der Waals surface area contributed by atoms with Gasteiger partial charge in [-0.05, 0) is 6.07 Å². The van der Waals surface area contributed by atoms with Gasteiger partial charge in [-0.1, -0.05) is 32.0 Å². The number of rotatable bonds is 1. The third-order valence-electron chi connectivity index (χ3n) is 3.60. The molecule has 0 bridgehead atoms. The maximum Gasteiger partial charge on any atom is 0.103 e. The highest BCUT2D eigenvalue weighted by Gasteiger charge is 2.25. The molecule has 3 nitrogen and oxygen atoms in total. The first-order chi connectivity index (χ1) is 9.69. The van der Waals surface area contributed by atoms with E-state index in [2.05, 4.69) is 35.9 Å². The molecule has 2 aromatic rings. The first kappa shape index (κ1) is 13.3. The van der Waals surface area contributed by atoms with Crippen LogP contribution in [0.5, 0.6) is 0 Å². The van der Waals surface area contributed by atoms with Crippen molar-refractivity contribution in [2.45, 2.75) is 24.3 Å². The van der Waals surface area contributed by atoms with Crippen LogP contribution in [-0.4, -0.2) is 28.6 Å². The number of nitriles is 1. The summed E-state index contributed by atoms with van der Waals surface area (Å²) < 4.78 is 0. The molecule has 0 N–H and O–H groups in total. The molecule has 1 aliphatic heterocycles. The van der Waals surface area contributed by atoms with Crippen LogP contribution in [0.15, 0.2) is 30.5 Å². The van der Waals surface area contributed by atoms with E-state index in [-0.39, 0.29) is 0 Å². The average Bonchev–Trinajstić information content (AvgIpc) is 2.45. The molecule has 3 rings (SSSR count). The fraction of sp³-hybridized carbons (Fsp3) is 0.375. The van der Waals surface area contributed by atoms with Crippen LogP contribution in [0.3, 0.4) is 0 Å². The smallest absolute Gasteiger partial charge is 0.103 e. The minimum Gasteiger partial charge on any atom is -0.368 e. The molecule has 0 aliphatic carbocycles. The van der Waals surface area contributed by atoms with Crippen molar-refractivity contribution >= 4 is 28.4 Å². The van der Waals surface area contributed by atoms with Crippen molar-refractivity contribution in [3.8, 4) is 6.07 Å². The lowest BCUT2D eigenvalue weighted by Crippen LogP contribution is -2.40. The first-order valence-electron chi connectivity index (χ1n) is 6.87. The molecule has 1 fully saturated rings. The minimum atomic E-state index is 0.581. The Kier molecular flexibility index (Phi) is 3.54. The molecule has 0 saturated carbocycles. The molecule has 2 atom stereocenters. The maximum atomic E-state index is 9.42. The second kappa shape index (κ2) is 5.34. The van der Waals surface area contributed by atoms with Crippen LogP contribution < -0.4 is 4.90 Å². The van der Waals surface area contributed by atoms with Gasteiger partial charge in [0.15, 0.2) is 0 Å². The lowest BCUT2D eigenvalue weighted by Gasteiger charge is -2.37.